The number of rotatable bonds is 4. The first kappa shape index (κ1) is 14.5. The lowest BCUT2D eigenvalue weighted by molar-refractivity contribution is -0.152. The minimum atomic E-state index is -4.52. The van der Waals surface area contributed by atoms with Crippen molar-refractivity contribution in [3.8, 4) is 11.8 Å². The van der Waals surface area contributed by atoms with E-state index < -0.39 is 17.8 Å². The van der Waals surface area contributed by atoms with Gasteiger partial charge < -0.3 is 10.5 Å². The predicted molar refractivity (Wildman–Crippen MR) is 63.3 cm³/mol. The molecule has 1 aromatic rings. The zero-order valence-electron chi connectivity index (χ0n) is 9.49. The molecular weight excluding hydrogens is 265 g/mol. The molecule has 0 fully saturated rings. The van der Waals surface area contributed by atoms with Crippen molar-refractivity contribution in [1.29, 1.82) is 5.26 Å². The van der Waals surface area contributed by atoms with Crippen LogP contribution in [0.25, 0.3) is 0 Å². The summed E-state index contributed by atoms with van der Waals surface area (Å²) in [6, 6.07) is 5.96. The second kappa shape index (κ2) is 5.87. The van der Waals surface area contributed by atoms with Gasteiger partial charge in [-0.1, -0.05) is 0 Å². The molecular formula is C11H11F3N2OS. The zero-order valence-corrected chi connectivity index (χ0v) is 10.3. The lowest BCUT2D eigenvalue weighted by atomic mass is 10.2. The van der Waals surface area contributed by atoms with Gasteiger partial charge in [-0.05, 0) is 18.2 Å². The predicted octanol–water partition coefficient (Wildman–Crippen LogP) is 3.07. The van der Waals surface area contributed by atoms with Crippen molar-refractivity contribution in [2.24, 2.45) is 5.92 Å². The van der Waals surface area contributed by atoms with Gasteiger partial charge in [0, 0.05) is 16.3 Å². The van der Waals surface area contributed by atoms with E-state index in [-0.39, 0.29) is 0 Å². The van der Waals surface area contributed by atoms with Crippen molar-refractivity contribution in [3.05, 3.63) is 18.2 Å². The van der Waals surface area contributed by atoms with Crippen molar-refractivity contribution in [2.45, 2.75) is 11.1 Å². The Kier molecular flexibility index (Phi) is 4.73. The Labute approximate surface area is 107 Å². The van der Waals surface area contributed by atoms with E-state index in [1.165, 1.54) is 13.2 Å². The van der Waals surface area contributed by atoms with Crippen molar-refractivity contribution in [3.63, 3.8) is 0 Å². The Hall–Kier alpha value is -1.55. The lowest BCUT2D eigenvalue weighted by Gasteiger charge is -2.13. The van der Waals surface area contributed by atoms with E-state index in [4.69, 9.17) is 15.7 Å². The lowest BCUT2D eigenvalue weighted by Crippen LogP contribution is -2.23. The van der Waals surface area contributed by atoms with Crippen LogP contribution in [0.1, 0.15) is 0 Å². The van der Waals surface area contributed by atoms with Gasteiger partial charge in [-0.15, -0.1) is 11.8 Å². The summed E-state index contributed by atoms with van der Waals surface area (Å²) in [7, 11) is 1.45. The highest BCUT2D eigenvalue weighted by Gasteiger charge is 2.39. The molecule has 0 aromatic heterocycles. The molecule has 7 heteroatoms. The number of hydrogen-bond acceptors (Lipinski definition) is 4. The van der Waals surface area contributed by atoms with Crippen molar-refractivity contribution in [1.82, 2.24) is 0 Å². The van der Waals surface area contributed by atoms with E-state index in [1.807, 2.05) is 0 Å². The number of thioether (sulfide) groups is 1. The minimum absolute atomic E-state index is 0.361. The summed E-state index contributed by atoms with van der Waals surface area (Å²) < 4.78 is 42.1. The molecule has 0 aliphatic heterocycles. The van der Waals surface area contributed by atoms with Crippen LogP contribution in [-0.2, 0) is 0 Å². The van der Waals surface area contributed by atoms with Crippen LogP contribution in [0.4, 0.5) is 18.9 Å². The SMILES string of the molecule is COc1ccc(N)c(SCC(C#N)C(F)(F)F)c1. The van der Waals surface area contributed by atoms with Crippen LogP contribution in [0.15, 0.2) is 23.1 Å². The molecule has 0 spiro atoms. The van der Waals surface area contributed by atoms with Gasteiger partial charge in [-0.3, -0.25) is 0 Å². The molecule has 0 aliphatic rings. The average molecular weight is 276 g/mol. The third kappa shape index (κ3) is 3.74. The van der Waals surface area contributed by atoms with E-state index >= 15 is 0 Å². The molecule has 0 aliphatic carbocycles. The van der Waals surface area contributed by atoms with Gasteiger partial charge in [0.1, 0.15) is 5.75 Å². The fourth-order valence-electron chi connectivity index (χ4n) is 1.14. The maximum Gasteiger partial charge on any atom is 0.405 e. The number of nitrogen functional groups attached to an aromatic ring is 1. The van der Waals surface area contributed by atoms with Gasteiger partial charge in [0.2, 0.25) is 0 Å². The van der Waals surface area contributed by atoms with Gasteiger partial charge in [0.25, 0.3) is 0 Å². The number of methoxy groups -OCH3 is 1. The summed E-state index contributed by atoms with van der Waals surface area (Å²) in [4.78, 5) is 0.471. The average Bonchev–Trinajstić information content (AvgIpc) is 2.30. The number of benzene rings is 1. The van der Waals surface area contributed by atoms with Crippen LogP contribution in [0.2, 0.25) is 0 Å². The van der Waals surface area contributed by atoms with E-state index in [2.05, 4.69) is 0 Å². The van der Waals surface area contributed by atoms with E-state index in [1.54, 1.807) is 18.2 Å². The number of nitrogens with two attached hydrogens (primary N) is 1. The highest BCUT2D eigenvalue weighted by Crippen LogP contribution is 2.34. The molecule has 0 radical (unpaired) electrons. The van der Waals surface area contributed by atoms with Crippen LogP contribution in [0, 0.1) is 17.2 Å². The van der Waals surface area contributed by atoms with Crippen LogP contribution < -0.4 is 10.5 Å². The van der Waals surface area contributed by atoms with E-state index in [0.29, 0.717) is 16.3 Å². The van der Waals surface area contributed by atoms with Gasteiger partial charge >= 0.3 is 6.18 Å². The topological polar surface area (TPSA) is 59.0 Å². The molecule has 1 rings (SSSR count). The first-order valence-electron chi connectivity index (χ1n) is 4.91. The Morgan fingerprint density at radius 2 is 2.17 bits per heavy atom. The molecule has 0 saturated heterocycles. The third-order valence-corrected chi connectivity index (χ3v) is 3.34. The summed E-state index contributed by atoms with van der Waals surface area (Å²) in [5.41, 5.74) is 6.00. The summed E-state index contributed by atoms with van der Waals surface area (Å²) in [6.45, 7) is 0. The van der Waals surface area contributed by atoms with Gasteiger partial charge in [-0.25, -0.2) is 0 Å². The van der Waals surface area contributed by atoms with E-state index in [0.717, 1.165) is 11.8 Å². The Bertz CT molecular complexity index is 457. The van der Waals surface area contributed by atoms with Gasteiger partial charge in [-0.2, -0.15) is 18.4 Å². The van der Waals surface area contributed by atoms with E-state index in [9.17, 15) is 13.2 Å². The number of halogens is 3. The number of nitriles is 1. The highest BCUT2D eigenvalue weighted by atomic mass is 32.2. The molecule has 0 heterocycles. The molecule has 2 N–H and O–H groups in total. The highest BCUT2D eigenvalue weighted by molar-refractivity contribution is 7.99. The summed E-state index contributed by atoms with van der Waals surface area (Å²) in [5, 5.41) is 8.47. The van der Waals surface area contributed by atoms with Crippen molar-refractivity contribution in [2.75, 3.05) is 18.6 Å². The maximum absolute atomic E-state index is 12.4. The Balaban J connectivity index is 2.77. The van der Waals surface area contributed by atoms with Crippen LogP contribution in [0.3, 0.4) is 0 Å². The number of alkyl halides is 3. The Morgan fingerprint density at radius 1 is 1.50 bits per heavy atom. The molecule has 1 aromatic carbocycles. The maximum atomic E-state index is 12.4. The zero-order chi connectivity index (χ0) is 13.8. The molecule has 1 unspecified atom stereocenters. The van der Waals surface area contributed by atoms with Gasteiger partial charge in [0.05, 0.1) is 13.2 Å². The first-order chi connectivity index (χ1) is 8.38. The van der Waals surface area contributed by atoms with Crippen molar-refractivity contribution < 1.29 is 17.9 Å². The largest absolute Gasteiger partial charge is 0.497 e. The molecule has 0 amide bonds. The monoisotopic (exact) mass is 276 g/mol. The summed E-state index contributed by atoms with van der Waals surface area (Å²) in [6.07, 6.45) is -4.52. The summed E-state index contributed by atoms with van der Waals surface area (Å²) in [5.74, 6) is -1.89. The molecule has 18 heavy (non-hydrogen) atoms. The molecule has 98 valence electrons. The minimum Gasteiger partial charge on any atom is -0.497 e. The molecule has 0 bridgehead atoms. The third-order valence-electron chi connectivity index (χ3n) is 2.18. The number of nitrogens with zero attached hydrogens (tertiary/aromatic N) is 1. The molecule has 1 atom stereocenters. The smallest absolute Gasteiger partial charge is 0.405 e. The molecule has 0 saturated carbocycles. The van der Waals surface area contributed by atoms with Crippen LogP contribution in [0.5, 0.6) is 5.75 Å². The normalized spacial score (nSPS) is 12.8. The van der Waals surface area contributed by atoms with Crippen LogP contribution >= 0.6 is 11.8 Å². The fraction of sp³-hybridized carbons (Fsp3) is 0.364. The standard InChI is InChI=1S/C11H11F3N2OS/c1-17-8-2-3-9(16)10(4-8)18-6-7(5-15)11(12,13)14/h2-4,7H,6,16H2,1H3. The molecule has 3 nitrogen and oxygen atoms in total. The number of ether oxygens (including phenoxy) is 1. The Morgan fingerprint density at radius 3 is 2.67 bits per heavy atom. The second-order valence-electron chi connectivity index (χ2n) is 3.44. The first-order valence-corrected chi connectivity index (χ1v) is 5.89. The van der Waals surface area contributed by atoms with Crippen LogP contribution in [-0.4, -0.2) is 19.0 Å². The van der Waals surface area contributed by atoms with Gasteiger partial charge in [0.15, 0.2) is 5.92 Å². The second-order valence-corrected chi connectivity index (χ2v) is 4.50. The quantitative estimate of drug-likeness (QED) is 0.678. The number of hydrogen-bond donors (Lipinski definition) is 1. The fourth-order valence-corrected chi connectivity index (χ4v) is 2.19. The number of anilines is 1. The summed E-state index contributed by atoms with van der Waals surface area (Å²) >= 11 is 0.889. The van der Waals surface area contributed by atoms with Crippen molar-refractivity contribution >= 4 is 17.4 Å².